The summed E-state index contributed by atoms with van der Waals surface area (Å²) < 4.78 is 16.4. The Morgan fingerprint density at radius 3 is 2.26 bits per heavy atom. The van der Waals surface area contributed by atoms with Gasteiger partial charge in [0.2, 0.25) is 0 Å². The second-order valence-corrected chi connectivity index (χ2v) is 8.34. The fourth-order valence-corrected chi connectivity index (χ4v) is 3.52. The minimum Gasteiger partial charge on any atom is -0.458 e. The zero-order valence-electron chi connectivity index (χ0n) is 18.2. The van der Waals surface area contributed by atoms with Crippen LogP contribution in [0.25, 0.3) is 0 Å². The molecule has 0 bridgehead atoms. The molecule has 0 radical (unpaired) electrons. The topological polar surface area (TPSA) is 116 Å². The molecule has 1 saturated heterocycles. The average Bonchev–Trinajstić information content (AvgIpc) is 2.94. The number of esters is 3. The Morgan fingerprint density at radius 1 is 1.16 bits per heavy atom. The molecule has 0 aromatic carbocycles. The summed E-state index contributed by atoms with van der Waals surface area (Å²) in [6.07, 6.45) is -0.865. The molecule has 168 valence electrons. The van der Waals surface area contributed by atoms with Crippen molar-refractivity contribution in [2.75, 3.05) is 0 Å². The van der Waals surface area contributed by atoms with E-state index in [2.05, 4.69) is 19.7 Å². The van der Waals surface area contributed by atoms with E-state index in [4.69, 9.17) is 14.2 Å². The number of hydrogen-bond acceptors (Lipinski definition) is 8. The van der Waals surface area contributed by atoms with Gasteiger partial charge in [0.15, 0.2) is 23.6 Å². The van der Waals surface area contributed by atoms with Crippen LogP contribution < -0.4 is 0 Å². The zero-order chi connectivity index (χ0) is 23.7. The normalized spacial score (nSPS) is 34.2. The molecule has 8 nitrogen and oxygen atoms in total. The number of ketones is 1. The molecule has 1 heterocycles. The standard InChI is InChI=1S/C23H28O8/c1-11(2)20(25)30-18-17-14(6)22(27)29-15(17)10-13(5)8-9-16(24)23(7,28)19(18)31-21(26)12(3)4/h8-9,13,15,17-19,28H,1,3,6,10H2,2,4-5,7H3/b9-8-/t13-,15+,17-,18-,19+,23-/m0/s1. The van der Waals surface area contributed by atoms with Gasteiger partial charge in [-0.05, 0) is 39.2 Å². The van der Waals surface area contributed by atoms with Gasteiger partial charge in [-0.15, -0.1) is 0 Å². The molecule has 1 aliphatic heterocycles. The van der Waals surface area contributed by atoms with Gasteiger partial charge >= 0.3 is 17.9 Å². The molecule has 0 aromatic rings. The Morgan fingerprint density at radius 2 is 1.71 bits per heavy atom. The number of carbonyl (C=O) groups excluding carboxylic acids is 4. The molecule has 1 N–H and O–H groups in total. The average molecular weight is 432 g/mol. The van der Waals surface area contributed by atoms with Crippen molar-refractivity contribution >= 4 is 23.7 Å². The smallest absolute Gasteiger partial charge is 0.334 e. The molecular formula is C23H28O8. The molecule has 1 aliphatic carbocycles. The molecule has 0 saturated carbocycles. The van der Waals surface area contributed by atoms with Crippen LogP contribution in [0.15, 0.2) is 48.6 Å². The van der Waals surface area contributed by atoms with Gasteiger partial charge in [0.05, 0.1) is 5.92 Å². The van der Waals surface area contributed by atoms with E-state index in [1.807, 2.05) is 0 Å². The van der Waals surface area contributed by atoms with Crippen LogP contribution in [0, 0.1) is 11.8 Å². The molecule has 6 atom stereocenters. The van der Waals surface area contributed by atoms with E-state index in [0.29, 0.717) is 6.42 Å². The van der Waals surface area contributed by atoms with Gasteiger partial charge in [-0.2, -0.15) is 0 Å². The number of fused-ring (bicyclic) bond motifs is 1. The zero-order valence-corrected chi connectivity index (χ0v) is 18.2. The second-order valence-electron chi connectivity index (χ2n) is 8.34. The highest BCUT2D eigenvalue weighted by atomic mass is 16.6. The predicted octanol–water partition coefficient (Wildman–Crippen LogP) is 1.98. The van der Waals surface area contributed by atoms with Crippen LogP contribution in [-0.4, -0.2) is 52.7 Å². The SMILES string of the molecule is C=C(C)C(=O)O[C@H]1[C@H]2C(=C)C(=O)O[C@@H]2C[C@@H](C)/C=C\C(=O)[C@](C)(O)[C@@H]1OC(=O)C(=C)C. The maximum absolute atomic E-state index is 12.8. The number of hydrogen-bond donors (Lipinski definition) is 1. The van der Waals surface area contributed by atoms with Crippen LogP contribution in [0.3, 0.4) is 0 Å². The third kappa shape index (κ3) is 5.02. The Bertz CT molecular complexity index is 878. The van der Waals surface area contributed by atoms with E-state index in [0.717, 1.165) is 6.92 Å². The molecule has 2 aliphatic rings. The minimum atomic E-state index is -2.30. The van der Waals surface area contributed by atoms with Crippen LogP contribution in [0.5, 0.6) is 0 Å². The molecule has 2 rings (SSSR count). The lowest BCUT2D eigenvalue weighted by Crippen LogP contribution is -2.58. The van der Waals surface area contributed by atoms with Crippen molar-refractivity contribution in [1.29, 1.82) is 0 Å². The fraction of sp³-hybridized carbons (Fsp3) is 0.478. The number of ether oxygens (including phenoxy) is 3. The Labute approximate surface area is 181 Å². The summed E-state index contributed by atoms with van der Waals surface area (Å²) in [5.74, 6) is -4.39. The first-order valence-electron chi connectivity index (χ1n) is 9.85. The minimum absolute atomic E-state index is 0.00334. The van der Waals surface area contributed by atoms with E-state index in [9.17, 15) is 24.3 Å². The van der Waals surface area contributed by atoms with Crippen LogP contribution in [0.2, 0.25) is 0 Å². The maximum Gasteiger partial charge on any atom is 0.334 e. The van der Waals surface area contributed by atoms with E-state index in [1.54, 1.807) is 13.0 Å². The maximum atomic E-state index is 12.8. The van der Waals surface area contributed by atoms with Crippen molar-refractivity contribution in [1.82, 2.24) is 0 Å². The quantitative estimate of drug-likeness (QED) is 0.407. The van der Waals surface area contributed by atoms with Gasteiger partial charge < -0.3 is 19.3 Å². The Hall–Kier alpha value is -3.00. The highest BCUT2D eigenvalue weighted by Crippen LogP contribution is 2.40. The second kappa shape index (κ2) is 9.01. The lowest BCUT2D eigenvalue weighted by atomic mass is 9.77. The van der Waals surface area contributed by atoms with Gasteiger partial charge in [-0.25, -0.2) is 14.4 Å². The van der Waals surface area contributed by atoms with Gasteiger partial charge in [-0.3, -0.25) is 4.79 Å². The van der Waals surface area contributed by atoms with Crippen molar-refractivity contribution in [3.8, 4) is 0 Å². The van der Waals surface area contributed by atoms with E-state index < -0.39 is 53.5 Å². The third-order valence-corrected chi connectivity index (χ3v) is 5.38. The number of allylic oxidation sites excluding steroid dienone is 1. The molecule has 0 unspecified atom stereocenters. The van der Waals surface area contributed by atoms with Crippen LogP contribution in [0.4, 0.5) is 0 Å². The first-order valence-corrected chi connectivity index (χ1v) is 9.85. The van der Waals surface area contributed by atoms with Crippen molar-refractivity contribution in [2.45, 2.75) is 58.0 Å². The van der Waals surface area contributed by atoms with Gasteiger partial charge in [0.1, 0.15) is 6.10 Å². The van der Waals surface area contributed by atoms with E-state index in [1.165, 1.54) is 19.9 Å². The number of carbonyl (C=O) groups is 4. The lowest BCUT2D eigenvalue weighted by Gasteiger charge is -2.39. The first-order chi connectivity index (χ1) is 14.3. The summed E-state index contributed by atoms with van der Waals surface area (Å²) >= 11 is 0. The van der Waals surface area contributed by atoms with Crippen LogP contribution in [0.1, 0.15) is 34.1 Å². The summed E-state index contributed by atoms with van der Waals surface area (Å²) in [7, 11) is 0. The molecule has 8 heteroatoms. The largest absolute Gasteiger partial charge is 0.458 e. The van der Waals surface area contributed by atoms with E-state index >= 15 is 0 Å². The van der Waals surface area contributed by atoms with Gasteiger partial charge in [0, 0.05) is 16.7 Å². The Kier molecular flexibility index (Phi) is 7.06. The summed E-state index contributed by atoms with van der Waals surface area (Å²) in [5.41, 5.74) is -2.27. The van der Waals surface area contributed by atoms with Crippen molar-refractivity contribution in [3.05, 3.63) is 48.6 Å². The molecule has 0 spiro atoms. The fourth-order valence-electron chi connectivity index (χ4n) is 3.52. The summed E-state index contributed by atoms with van der Waals surface area (Å²) in [5, 5.41) is 11.2. The molecule has 1 fully saturated rings. The highest BCUT2D eigenvalue weighted by molar-refractivity contribution is 5.98. The number of aliphatic hydroxyl groups is 1. The van der Waals surface area contributed by atoms with Crippen LogP contribution in [-0.2, 0) is 33.4 Å². The number of rotatable bonds is 4. The van der Waals surface area contributed by atoms with Crippen LogP contribution >= 0.6 is 0 Å². The molecular weight excluding hydrogens is 404 g/mol. The van der Waals surface area contributed by atoms with Crippen molar-refractivity contribution < 1.29 is 38.5 Å². The Balaban J connectivity index is 2.71. The lowest BCUT2D eigenvalue weighted by molar-refractivity contribution is -0.193. The predicted molar refractivity (Wildman–Crippen MR) is 110 cm³/mol. The summed E-state index contributed by atoms with van der Waals surface area (Å²) in [4.78, 5) is 50.0. The summed E-state index contributed by atoms with van der Waals surface area (Å²) in [6.45, 7) is 16.6. The van der Waals surface area contributed by atoms with Gasteiger partial charge in [-0.1, -0.05) is 32.7 Å². The third-order valence-electron chi connectivity index (χ3n) is 5.38. The highest BCUT2D eigenvalue weighted by Gasteiger charge is 2.56. The van der Waals surface area contributed by atoms with Crippen molar-refractivity contribution in [2.24, 2.45) is 11.8 Å². The van der Waals surface area contributed by atoms with E-state index in [-0.39, 0.29) is 22.6 Å². The first kappa shape index (κ1) is 24.3. The van der Waals surface area contributed by atoms with Crippen molar-refractivity contribution in [3.63, 3.8) is 0 Å². The summed E-state index contributed by atoms with van der Waals surface area (Å²) in [6, 6.07) is 0. The monoisotopic (exact) mass is 432 g/mol. The molecule has 0 aromatic heterocycles. The molecule has 0 amide bonds. The molecule has 31 heavy (non-hydrogen) atoms. The van der Waals surface area contributed by atoms with Gasteiger partial charge in [0.25, 0.3) is 0 Å².